The fourth-order valence-corrected chi connectivity index (χ4v) is 2.70. The number of hydrogen-bond acceptors (Lipinski definition) is 5. The molecule has 0 aromatic heterocycles. The minimum atomic E-state index is -1.25. The predicted molar refractivity (Wildman–Crippen MR) is 109 cm³/mol. The molecular weight excluding hydrogens is 394 g/mol. The number of nitrogens with one attached hydrogen (secondary N) is 3. The lowest BCUT2D eigenvalue weighted by atomic mass is 9.94. The van der Waals surface area contributed by atoms with Gasteiger partial charge in [-0.15, -0.1) is 6.58 Å². The van der Waals surface area contributed by atoms with Crippen LogP contribution in [0.2, 0.25) is 0 Å². The Morgan fingerprint density at radius 3 is 2.17 bits per heavy atom. The first-order chi connectivity index (χ1) is 14.1. The van der Waals surface area contributed by atoms with Crippen LogP contribution < -0.4 is 16.0 Å². The molecule has 170 valence electrons. The van der Waals surface area contributed by atoms with Crippen molar-refractivity contribution in [2.45, 2.75) is 70.9 Å². The Hall–Kier alpha value is -2.91. The summed E-state index contributed by atoms with van der Waals surface area (Å²) in [4.78, 5) is 57.6. The Bertz CT molecular complexity index is 622. The normalized spacial score (nSPS) is 13.4. The summed E-state index contributed by atoms with van der Waals surface area (Å²) in [6, 6.07) is -2.32. The quantitative estimate of drug-likeness (QED) is 0.228. The SMILES string of the molecule is C=CC[C@H](CCCC)CC(=O)N[C@H](CCC(=O)NCC(=O)N[C@H](C)C(=O)O)C(=O)O. The van der Waals surface area contributed by atoms with Crippen molar-refractivity contribution in [3.63, 3.8) is 0 Å². The van der Waals surface area contributed by atoms with Gasteiger partial charge in [0.25, 0.3) is 0 Å². The summed E-state index contributed by atoms with van der Waals surface area (Å²) in [5.74, 6) is -4.03. The minimum Gasteiger partial charge on any atom is -0.480 e. The predicted octanol–water partition coefficient (Wildman–Crippen LogP) is 0.814. The number of aliphatic carboxylic acids is 2. The van der Waals surface area contributed by atoms with Gasteiger partial charge in [-0.1, -0.05) is 25.8 Å². The first kappa shape index (κ1) is 27.1. The molecule has 3 amide bonds. The number of carbonyl (C=O) groups is 5. The molecule has 0 fully saturated rings. The molecule has 0 bridgehead atoms. The Morgan fingerprint density at radius 1 is 0.967 bits per heavy atom. The van der Waals surface area contributed by atoms with Crippen LogP contribution in [0.1, 0.15) is 58.8 Å². The number of rotatable bonds is 16. The van der Waals surface area contributed by atoms with Crippen molar-refractivity contribution in [3.8, 4) is 0 Å². The highest BCUT2D eigenvalue weighted by Crippen LogP contribution is 2.17. The van der Waals surface area contributed by atoms with E-state index in [1.807, 2.05) is 6.92 Å². The van der Waals surface area contributed by atoms with Gasteiger partial charge in [0.1, 0.15) is 12.1 Å². The van der Waals surface area contributed by atoms with E-state index in [9.17, 15) is 29.1 Å². The van der Waals surface area contributed by atoms with Crippen LogP contribution in [0.15, 0.2) is 12.7 Å². The number of carboxylic acids is 2. The molecule has 10 heteroatoms. The topological polar surface area (TPSA) is 162 Å². The maximum atomic E-state index is 12.2. The van der Waals surface area contributed by atoms with Crippen LogP contribution in [0.3, 0.4) is 0 Å². The molecule has 0 saturated heterocycles. The maximum absolute atomic E-state index is 12.2. The number of allylic oxidation sites excluding steroid dienone is 1. The zero-order valence-corrected chi connectivity index (χ0v) is 17.6. The smallest absolute Gasteiger partial charge is 0.326 e. The molecule has 3 atom stereocenters. The van der Waals surface area contributed by atoms with E-state index in [-0.39, 0.29) is 25.2 Å². The summed E-state index contributed by atoms with van der Waals surface area (Å²) in [6.45, 7) is 6.58. The zero-order chi connectivity index (χ0) is 23.1. The highest BCUT2D eigenvalue weighted by molar-refractivity contribution is 5.88. The molecule has 0 aliphatic heterocycles. The summed E-state index contributed by atoms with van der Waals surface area (Å²) in [5, 5.41) is 24.9. The Labute approximate surface area is 176 Å². The van der Waals surface area contributed by atoms with Gasteiger partial charge in [-0.2, -0.15) is 0 Å². The number of hydrogen-bond donors (Lipinski definition) is 5. The number of amides is 3. The van der Waals surface area contributed by atoms with Gasteiger partial charge in [0.05, 0.1) is 6.54 Å². The first-order valence-corrected chi connectivity index (χ1v) is 10.0. The van der Waals surface area contributed by atoms with Gasteiger partial charge in [0, 0.05) is 12.8 Å². The van der Waals surface area contributed by atoms with Crippen molar-refractivity contribution in [3.05, 3.63) is 12.7 Å². The molecule has 0 rings (SSSR count). The molecule has 0 aliphatic rings. The summed E-state index contributed by atoms with van der Waals surface area (Å²) >= 11 is 0. The molecule has 30 heavy (non-hydrogen) atoms. The Balaban J connectivity index is 4.47. The standard InChI is InChI=1S/C20H33N3O7/c1-4-6-8-14(7-5-2)11-17(25)23-15(20(29)30)9-10-16(24)21-12-18(26)22-13(3)19(27)28/h5,13-15H,2,4,6-12H2,1,3H3,(H,21,24)(H,22,26)(H,23,25)(H,27,28)(H,29,30)/t13-,14-,15-/m1/s1. The molecule has 0 aromatic carbocycles. The van der Waals surface area contributed by atoms with E-state index in [2.05, 4.69) is 22.5 Å². The molecule has 0 spiro atoms. The molecule has 0 radical (unpaired) electrons. The van der Waals surface area contributed by atoms with E-state index < -0.39 is 48.3 Å². The Kier molecular flexibility index (Phi) is 13.5. The van der Waals surface area contributed by atoms with Crippen LogP contribution in [-0.4, -0.2) is 58.5 Å². The van der Waals surface area contributed by atoms with Crippen LogP contribution in [-0.2, 0) is 24.0 Å². The maximum Gasteiger partial charge on any atom is 0.326 e. The molecule has 5 N–H and O–H groups in total. The van der Waals surface area contributed by atoms with Gasteiger partial charge >= 0.3 is 11.9 Å². The van der Waals surface area contributed by atoms with Gasteiger partial charge in [0.2, 0.25) is 17.7 Å². The summed E-state index contributed by atoms with van der Waals surface area (Å²) in [5.41, 5.74) is 0. The average molecular weight is 427 g/mol. The van der Waals surface area contributed by atoms with E-state index in [1.54, 1.807) is 6.08 Å². The highest BCUT2D eigenvalue weighted by atomic mass is 16.4. The van der Waals surface area contributed by atoms with E-state index in [1.165, 1.54) is 6.92 Å². The fraction of sp³-hybridized carbons (Fsp3) is 0.650. The molecule has 0 aliphatic carbocycles. The van der Waals surface area contributed by atoms with Crippen molar-refractivity contribution < 1.29 is 34.2 Å². The number of carbonyl (C=O) groups excluding carboxylic acids is 3. The monoisotopic (exact) mass is 427 g/mol. The third-order valence-corrected chi connectivity index (χ3v) is 4.43. The van der Waals surface area contributed by atoms with Crippen molar-refractivity contribution in [1.82, 2.24) is 16.0 Å². The third-order valence-electron chi connectivity index (χ3n) is 4.43. The molecule has 0 aromatic rings. The molecular formula is C20H33N3O7. The number of unbranched alkanes of at least 4 members (excludes halogenated alkanes) is 1. The lowest BCUT2D eigenvalue weighted by Gasteiger charge is -2.18. The van der Waals surface area contributed by atoms with E-state index in [0.29, 0.717) is 6.42 Å². The first-order valence-electron chi connectivity index (χ1n) is 10.0. The van der Waals surface area contributed by atoms with Gasteiger partial charge in [0.15, 0.2) is 0 Å². The minimum absolute atomic E-state index is 0.0897. The molecule has 0 saturated carbocycles. The largest absolute Gasteiger partial charge is 0.480 e. The molecule has 0 heterocycles. The van der Waals surface area contributed by atoms with E-state index in [0.717, 1.165) is 19.3 Å². The van der Waals surface area contributed by atoms with Gasteiger partial charge in [-0.3, -0.25) is 19.2 Å². The van der Waals surface area contributed by atoms with Crippen molar-refractivity contribution in [1.29, 1.82) is 0 Å². The fourth-order valence-electron chi connectivity index (χ4n) is 2.70. The lowest BCUT2D eigenvalue weighted by Crippen LogP contribution is -2.45. The molecule has 0 unspecified atom stereocenters. The number of carboxylic acid groups (broad SMARTS) is 2. The zero-order valence-electron chi connectivity index (χ0n) is 17.6. The highest BCUT2D eigenvalue weighted by Gasteiger charge is 2.23. The van der Waals surface area contributed by atoms with Gasteiger partial charge in [-0.25, -0.2) is 4.79 Å². The van der Waals surface area contributed by atoms with Crippen molar-refractivity contribution in [2.75, 3.05) is 6.54 Å². The van der Waals surface area contributed by atoms with Crippen LogP contribution >= 0.6 is 0 Å². The van der Waals surface area contributed by atoms with Crippen LogP contribution in [0, 0.1) is 5.92 Å². The van der Waals surface area contributed by atoms with E-state index >= 15 is 0 Å². The van der Waals surface area contributed by atoms with Crippen LogP contribution in [0.4, 0.5) is 0 Å². The average Bonchev–Trinajstić information content (AvgIpc) is 2.67. The van der Waals surface area contributed by atoms with Crippen LogP contribution in [0.5, 0.6) is 0 Å². The summed E-state index contributed by atoms with van der Waals surface area (Å²) in [6.07, 6.45) is 5.03. The van der Waals surface area contributed by atoms with Crippen molar-refractivity contribution >= 4 is 29.7 Å². The van der Waals surface area contributed by atoms with Gasteiger partial charge < -0.3 is 26.2 Å². The van der Waals surface area contributed by atoms with Crippen LogP contribution in [0.25, 0.3) is 0 Å². The summed E-state index contributed by atoms with van der Waals surface area (Å²) in [7, 11) is 0. The second kappa shape index (κ2) is 15.0. The second-order valence-electron chi connectivity index (χ2n) is 7.14. The van der Waals surface area contributed by atoms with Crippen molar-refractivity contribution in [2.24, 2.45) is 5.92 Å². The van der Waals surface area contributed by atoms with Gasteiger partial charge in [-0.05, 0) is 32.1 Å². The second-order valence-corrected chi connectivity index (χ2v) is 7.14. The Morgan fingerprint density at radius 2 is 1.63 bits per heavy atom. The molecule has 10 nitrogen and oxygen atoms in total. The van der Waals surface area contributed by atoms with E-state index in [4.69, 9.17) is 5.11 Å². The third kappa shape index (κ3) is 12.5. The summed E-state index contributed by atoms with van der Waals surface area (Å²) < 4.78 is 0. The lowest BCUT2D eigenvalue weighted by molar-refractivity contribution is -0.142.